The molecule has 0 amide bonds. The molecule has 0 aliphatic heterocycles. The second kappa shape index (κ2) is 6.34. The van der Waals surface area contributed by atoms with Gasteiger partial charge in [-0.25, -0.2) is 0 Å². The van der Waals surface area contributed by atoms with Crippen molar-refractivity contribution in [2.45, 2.75) is 12.1 Å². The molecular formula is C20H19OP. The van der Waals surface area contributed by atoms with Crippen molar-refractivity contribution in [2.75, 3.05) is 0 Å². The van der Waals surface area contributed by atoms with Crippen LogP contribution in [-0.2, 0) is 4.57 Å². The molecule has 1 aliphatic rings. The second-order valence-corrected chi connectivity index (χ2v) is 8.30. The van der Waals surface area contributed by atoms with E-state index in [1.807, 2.05) is 72.8 Å². The summed E-state index contributed by atoms with van der Waals surface area (Å²) < 4.78 is 14.2. The van der Waals surface area contributed by atoms with Gasteiger partial charge in [0.1, 0.15) is 0 Å². The first-order valence-electron chi connectivity index (χ1n) is 7.46. The Hall–Kier alpha value is -2.11. The first-order valence-corrected chi connectivity index (χ1v) is 9.23. The summed E-state index contributed by atoms with van der Waals surface area (Å²) >= 11 is 0. The van der Waals surface area contributed by atoms with E-state index in [2.05, 4.69) is 18.7 Å². The van der Waals surface area contributed by atoms with Crippen LogP contribution in [0.5, 0.6) is 0 Å². The Morgan fingerprint density at radius 1 is 0.955 bits per heavy atom. The van der Waals surface area contributed by atoms with Gasteiger partial charge in [-0.2, -0.15) is 0 Å². The predicted molar refractivity (Wildman–Crippen MR) is 95.6 cm³/mol. The topological polar surface area (TPSA) is 17.1 Å². The van der Waals surface area contributed by atoms with Crippen molar-refractivity contribution in [2.24, 2.45) is 0 Å². The van der Waals surface area contributed by atoms with Crippen molar-refractivity contribution >= 4 is 17.8 Å². The van der Waals surface area contributed by atoms with E-state index in [0.29, 0.717) is 0 Å². The lowest BCUT2D eigenvalue weighted by Crippen LogP contribution is -2.25. The molecule has 1 nitrogen and oxygen atoms in total. The van der Waals surface area contributed by atoms with Gasteiger partial charge in [0, 0.05) is 10.6 Å². The third-order valence-electron chi connectivity index (χ3n) is 4.03. The molecule has 2 heteroatoms. The van der Waals surface area contributed by atoms with E-state index in [4.69, 9.17) is 0 Å². The van der Waals surface area contributed by atoms with Crippen LogP contribution < -0.4 is 10.6 Å². The highest BCUT2D eigenvalue weighted by atomic mass is 31.2. The van der Waals surface area contributed by atoms with Gasteiger partial charge in [-0.15, -0.1) is 6.58 Å². The molecule has 0 saturated heterocycles. The Morgan fingerprint density at radius 2 is 1.50 bits per heavy atom. The Balaban J connectivity index is 2.17. The maximum Gasteiger partial charge on any atom is 0.153 e. The van der Waals surface area contributed by atoms with Crippen LogP contribution in [-0.4, -0.2) is 5.66 Å². The second-order valence-electron chi connectivity index (χ2n) is 5.39. The molecule has 3 rings (SSSR count). The third kappa shape index (κ3) is 2.53. The minimum atomic E-state index is -2.76. The monoisotopic (exact) mass is 306 g/mol. The van der Waals surface area contributed by atoms with Crippen molar-refractivity contribution in [1.29, 1.82) is 0 Å². The first-order chi connectivity index (χ1) is 10.8. The molecule has 0 aromatic heterocycles. The van der Waals surface area contributed by atoms with E-state index in [0.717, 1.165) is 17.0 Å². The normalized spacial score (nSPS) is 17.3. The van der Waals surface area contributed by atoms with Crippen molar-refractivity contribution < 1.29 is 4.57 Å². The van der Waals surface area contributed by atoms with Crippen molar-refractivity contribution in [1.82, 2.24) is 0 Å². The summed E-state index contributed by atoms with van der Waals surface area (Å²) in [6.07, 6.45) is 8.81. The van der Waals surface area contributed by atoms with Gasteiger partial charge in [0.15, 0.2) is 7.14 Å². The molecule has 1 unspecified atom stereocenters. The van der Waals surface area contributed by atoms with Crippen LogP contribution in [0.25, 0.3) is 0 Å². The number of benzene rings is 2. The molecule has 0 N–H and O–H groups in total. The van der Waals surface area contributed by atoms with Crippen LogP contribution >= 0.6 is 7.14 Å². The van der Waals surface area contributed by atoms with Gasteiger partial charge in [-0.3, -0.25) is 0 Å². The highest BCUT2D eigenvalue weighted by Crippen LogP contribution is 2.53. The van der Waals surface area contributed by atoms with Crippen LogP contribution in [0.1, 0.15) is 6.42 Å². The van der Waals surface area contributed by atoms with E-state index in [1.54, 1.807) is 0 Å². The molecule has 0 radical (unpaired) electrons. The van der Waals surface area contributed by atoms with Crippen molar-refractivity contribution in [3.05, 3.63) is 97.1 Å². The van der Waals surface area contributed by atoms with Gasteiger partial charge in [-0.05, 0) is 6.42 Å². The molecule has 0 spiro atoms. The third-order valence-corrected chi connectivity index (χ3v) is 7.45. The quantitative estimate of drug-likeness (QED) is 0.589. The fourth-order valence-electron chi connectivity index (χ4n) is 2.99. The molecule has 1 aliphatic carbocycles. The van der Waals surface area contributed by atoms with Crippen LogP contribution in [0.15, 0.2) is 97.1 Å². The molecule has 110 valence electrons. The largest absolute Gasteiger partial charge is 0.313 e. The van der Waals surface area contributed by atoms with Gasteiger partial charge in [0.2, 0.25) is 0 Å². The van der Waals surface area contributed by atoms with E-state index in [9.17, 15) is 4.57 Å². The zero-order valence-corrected chi connectivity index (χ0v) is 13.3. The maximum absolute atomic E-state index is 14.2. The Morgan fingerprint density at radius 3 is 2.00 bits per heavy atom. The zero-order chi connectivity index (χ0) is 15.4. The summed E-state index contributed by atoms with van der Waals surface area (Å²) in [6.45, 7) is 3.83. The lowest BCUT2D eigenvalue weighted by Gasteiger charge is -2.26. The lowest BCUT2D eigenvalue weighted by molar-refractivity contribution is 0.585. The first kappa shape index (κ1) is 14.8. The standard InChI is InChI=1S/C20H19OP/c1-2-10-17-11-9-16-20(17)22(21,18-12-5-3-6-13-18)19-14-7-4-8-15-19/h2-9,11-16,20H,1,10H2. The van der Waals surface area contributed by atoms with E-state index >= 15 is 0 Å². The molecule has 1 atom stereocenters. The summed E-state index contributed by atoms with van der Waals surface area (Å²) in [5, 5.41) is 1.82. The lowest BCUT2D eigenvalue weighted by atomic mass is 10.1. The minimum absolute atomic E-state index is 0.0738. The fraction of sp³-hybridized carbons (Fsp3) is 0.100. The molecule has 0 saturated carbocycles. The molecule has 0 heterocycles. The van der Waals surface area contributed by atoms with Gasteiger partial charge in [-0.1, -0.05) is 90.5 Å². The summed E-state index contributed by atoms with van der Waals surface area (Å²) in [4.78, 5) is 0. The van der Waals surface area contributed by atoms with Gasteiger partial charge >= 0.3 is 0 Å². The number of allylic oxidation sites excluding steroid dienone is 5. The zero-order valence-electron chi connectivity index (χ0n) is 12.4. The Bertz CT molecular complexity index is 713. The van der Waals surface area contributed by atoms with Gasteiger partial charge in [0.25, 0.3) is 0 Å². The minimum Gasteiger partial charge on any atom is -0.313 e. The maximum atomic E-state index is 14.2. The molecule has 22 heavy (non-hydrogen) atoms. The summed E-state index contributed by atoms with van der Waals surface area (Å²) in [5.41, 5.74) is 1.10. The number of hydrogen-bond donors (Lipinski definition) is 0. The van der Waals surface area contributed by atoms with Crippen molar-refractivity contribution in [3.8, 4) is 0 Å². The van der Waals surface area contributed by atoms with E-state index < -0.39 is 7.14 Å². The Kier molecular flexibility index (Phi) is 4.27. The average Bonchev–Trinajstić information content (AvgIpc) is 3.05. The van der Waals surface area contributed by atoms with Crippen molar-refractivity contribution in [3.63, 3.8) is 0 Å². The molecular weight excluding hydrogens is 287 g/mol. The molecule has 0 fully saturated rings. The number of rotatable bonds is 5. The molecule has 2 aromatic rings. The van der Waals surface area contributed by atoms with Crippen LogP contribution in [0.2, 0.25) is 0 Å². The fourth-order valence-corrected chi connectivity index (χ4v) is 6.16. The SMILES string of the molecule is C=CCC1=CC=CC1P(=O)(c1ccccc1)c1ccccc1. The summed E-state index contributed by atoms with van der Waals surface area (Å²) in [5.74, 6) is 0. The predicted octanol–water partition coefficient (Wildman–Crippen LogP) is 4.44. The summed E-state index contributed by atoms with van der Waals surface area (Å²) in [6, 6.07) is 19.7. The van der Waals surface area contributed by atoms with E-state index in [1.165, 1.54) is 5.57 Å². The highest BCUT2D eigenvalue weighted by molar-refractivity contribution is 7.79. The Labute approximate surface area is 132 Å². The van der Waals surface area contributed by atoms with Crippen LogP contribution in [0, 0.1) is 0 Å². The van der Waals surface area contributed by atoms with Crippen LogP contribution in [0.3, 0.4) is 0 Å². The van der Waals surface area contributed by atoms with Crippen LogP contribution in [0.4, 0.5) is 0 Å². The molecule has 2 aromatic carbocycles. The smallest absolute Gasteiger partial charge is 0.153 e. The number of hydrogen-bond acceptors (Lipinski definition) is 1. The average molecular weight is 306 g/mol. The van der Waals surface area contributed by atoms with Gasteiger partial charge < -0.3 is 4.57 Å². The highest BCUT2D eigenvalue weighted by Gasteiger charge is 2.37. The molecule has 0 bridgehead atoms. The summed E-state index contributed by atoms with van der Waals surface area (Å²) in [7, 11) is -2.76. The van der Waals surface area contributed by atoms with E-state index in [-0.39, 0.29) is 5.66 Å². The van der Waals surface area contributed by atoms with Gasteiger partial charge in [0.05, 0.1) is 5.66 Å².